The van der Waals surface area contributed by atoms with E-state index in [1.807, 2.05) is 11.9 Å². The van der Waals surface area contributed by atoms with Gasteiger partial charge in [0.05, 0.1) is 5.54 Å². The van der Waals surface area contributed by atoms with Crippen LogP contribution in [-0.4, -0.2) is 29.9 Å². The summed E-state index contributed by atoms with van der Waals surface area (Å²) in [4.78, 5) is 14.1. The van der Waals surface area contributed by atoms with Crippen molar-refractivity contribution in [2.75, 3.05) is 13.6 Å². The SMILES string of the molecule is CN1C(=O)CCC1(CN)C1C2CC3CC(C2)CC1C3. The average Bonchev–Trinajstić information content (AvgIpc) is 2.67. The van der Waals surface area contributed by atoms with Gasteiger partial charge in [0.2, 0.25) is 5.91 Å². The summed E-state index contributed by atoms with van der Waals surface area (Å²) >= 11 is 0. The second-order valence-electron chi connectivity index (χ2n) is 7.72. The molecule has 1 saturated heterocycles. The first-order valence-electron chi connectivity index (χ1n) is 8.11. The number of nitrogens with zero attached hydrogens (tertiary/aromatic N) is 1. The molecule has 19 heavy (non-hydrogen) atoms. The third-order valence-electron chi connectivity index (χ3n) is 7.01. The zero-order chi connectivity index (χ0) is 13.2. The van der Waals surface area contributed by atoms with Gasteiger partial charge in [0.15, 0.2) is 0 Å². The van der Waals surface area contributed by atoms with Gasteiger partial charge in [-0.2, -0.15) is 0 Å². The van der Waals surface area contributed by atoms with Crippen molar-refractivity contribution in [3.05, 3.63) is 0 Å². The summed E-state index contributed by atoms with van der Waals surface area (Å²) < 4.78 is 0. The number of carbonyl (C=O) groups is 1. The van der Waals surface area contributed by atoms with Crippen molar-refractivity contribution in [1.29, 1.82) is 0 Å². The zero-order valence-electron chi connectivity index (χ0n) is 12.0. The van der Waals surface area contributed by atoms with Crippen LogP contribution in [0.1, 0.15) is 44.9 Å². The van der Waals surface area contributed by atoms with Gasteiger partial charge >= 0.3 is 0 Å². The third kappa shape index (κ3) is 1.51. The van der Waals surface area contributed by atoms with Crippen LogP contribution in [0.2, 0.25) is 0 Å². The summed E-state index contributed by atoms with van der Waals surface area (Å²) in [5.74, 6) is 4.72. The van der Waals surface area contributed by atoms with Crippen LogP contribution < -0.4 is 5.73 Å². The summed E-state index contributed by atoms with van der Waals surface area (Å²) in [6.45, 7) is 0.669. The molecular weight excluding hydrogens is 236 g/mol. The maximum Gasteiger partial charge on any atom is 0.222 e. The van der Waals surface area contributed by atoms with Gasteiger partial charge in [-0.25, -0.2) is 0 Å². The fourth-order valence-electron chi connectivity index (χ4n) is 6.48. The molecule has 4 aliphatic carbocycles. The predicted molar refractivity (Wildman–Crippen MR) is 74.3 cm³/mol. The molecule has 0 aromatic carbocycles. The molecule has 0 aromatic heterocycles. The monoisotopic (exact) mass is 262 g/mol. The Labute approximate surface area is 115 Å². The van der Waals surface area contributed by atoms with Crippen molar-refractivity contribution in [3.8, 4) is 0 Å². The van der Waals surface area contributed by atoms with Crippen LogP contribution in [0.3, 0.4) is 0 Å². The molecule has 106 valence electrons. The van der Waals surface area contributed by atoms with Gasteiger partial charge in [-0.3, -0.25) is 4.79 Å². The Kier molecular flexibility index (Phi) is 2.55. The smallest absolute Gasteiger partial charge is 0.222 e. The lowest BCUT2D eigenvalue weighted by molar-refractivity contribution is -0.138. The van der Waals surface area contributed by atoms with Crippen LogP contribution in [0.5, 0.6) is 0 Å². The number of carbonyl (C=O) groups excluding carboxylic acids is 1. The highest BCUT2D eigenvalue weighted by molar-refractivity contribution is 5.79. The maximum atomic E-state index is 12.1. The Morgan fingerprint density at radius 2 is 1.74 bits per heavy atom. The van der Waals surface area contributed by atoms with Crippen molar-refractivity contribution in [2.24, 2.45) is 35.3 Å². The number of nitrogens with two attached hydrogens (primary N) is 1. The van der Waals surface area contributed by atoms with Gasteiger partial charge in [-0.05, 0) is 68.1 Å². The standard InChI is InChI=1S/C16H26N2O/c1-18-14(19)2-3-16(18,9-17)15-12-5-10-4-11(7-12)8-13(15)6-10/h10-13,15H,2-9,17H2,1H3. The number of amides is 1. The first kappa shape index (κ1) is 12.2. The molecule has 5 aliphatic rings. The molecule has 1 amide bonds. The van der Waals surface area contributed by atoms with Crippen LogP contribution in [0, 0.1) is 29.6 Å². The minimum absolute atomic E-state index is 0.000301. The molecule has 0 aromatic rings. The number of likely N-dealkylation sites (N-methyl/N-ethyl adjacent to an activating group) is 1. The predicted octanol–water partition coefficient (Wildman–Crippen LogP) is 2.01. The second kappa shape index (κ2) is 3.97. The lowest BCUT2D eigenvalue weighted by atomic mass is 9.48. The minimum atomic E-state index is -0.000301. The van der Waals surface area contributed by atoms with Crippen LogP contribution in [0.4, 0.5) is 0 Å². The van der Waals surface area contributed by atoms with E-state index >= 15 is 0 Å². The highest BCUT2D eigenvalue weighted by Gasteiger charge is 2.58. The van der Waals surface area contributed by atoms with E-state index in [9.17, 15) is 4.79 Å². The number of likely N-dealkylation sites (tertiary alicyclic amines) is 1. The normalized spacial score (nSPS) is 52.2. The number of rotatable bonds is 2. The number of hydrogen-bond acceptors (Lipinski definition) is 2. The molecule has 3 nitrogen and oxygen atoms in total. The van der Waals surface area contributed by atoms with Crippen LogP contribution >= 0.6 is 0 Å². The Balaban J connectivity index is 1.69. The summed E-state index contributed by atoms with van der Waals surface area (Å²) in [5.41, 5.74) is 6.21. The summed E-state index contributed by atoms with van der Waals surface area (Å²) in [7, 11) is 2.01. The Morgan fingerprint density at radius 3 is 2.16 bits per heavy atom. The molecule has 1 atom stereocenters. The summed E-state index contributed by atoms with van der Waals surface area (Å²) in [6, 6.07) is 0. The van der Waals surface area contributed by atoms with E-state index in [2.05, 4.69) is 0 Å². The zero-order valence-corrected chi connectivity index (χ0v) is 12.0. The molecule has 4 saturated carbocycles. The van der Waals surface area contributed by atoms with E-state index in [0.717, 1.165) is 36.5 Å². The molecule has 1 aliphatic heterocycles. The summed E-state index contributed by atoms with van der Waals surface area (Å²) in [5, 5.41) is 0. The van der Waals surface area contributed by atoms with Gasteiger partial charge in [0, 0.05) is 20.0 Å². The van der Waals surface area contributed by atoms with Crippen LogP contribution in [-0.2, 0) is 4.79 Å². The molecule has 5 rings (SSSR count). The lowest BCUT2D eigenvalue weighted by Gasteiger charge is -2.60. The van der Waals surface area contributed by atoms with Crippen molar-refractivity contribution < 1.29 is 4.79 Å². The molecule has 1 heterocycles. The quantitative estimate of drug-likeness (QED) is 0.827. The average molecular weight is 262 g/mol. The molecule has 4 bridgehead atoms. The van der Waals surface area contributed by atoms with Crippen molar-refractivity contribution in [3.63, 3.8) is 0 Å². The molecule has 2 N–H and O–H groups in total. The highest BCUT2D eigenvalue weighted by Crippen LogP contribution is 2.61. The minimum Gasteiger partial charge on any atom is -0.338 e. The largest absolute Gasteiger partial charge is 0.338 e. The molecule has 1 unspecified atom stereocenters. The summed E-state index contributed by atoms with van der Waals surface area (Å²) in [6.07, 6.45) is 8.89. The van der Waals surface area contributed by atoms with Crippen molar-refractivity contribution in [2.45, 2.75) is 50.5 Å². The van der Waals surface area contributed by atoms with Crippen LogP contribution in [0.25, 0.3) is 0 Å². The Bertz CT molecular complexity index is 380. The van der Waals surface area contributed by atoms with Gasteiger partial charge in [0.25, 0.3) is 0 Å². The molecule has 3 heteroatoms. The first-order chi connectivity index (χ1) is 9.14. The molecular formula is C16H26N2O. The molecule has 0 spiro atoms. The van der Waals surface area contributed by atoms with Crippen molar-refractivity contribution >= 4 is 5.91 Å². The first-order valence-corrected chi connectivity index (χ1v) is 8.11. The van der Waals surface area contributed by atoms with Crippen LogP contribution in [0.15, 0.2) is 0 Å². The van der Waals surface area contributed by atoms with Gasteiger partial charge in [-0.1, -0.05) is 0 Å². The highest BCUT2D eigenvalue weighted by atomic mass is 16.2. The van der Waals surface area contributed by atoms with Gasteiger partial charge in [-0.15, -0.1) is 0 Å². The van der Waals surface area contributed by atoms with E-state index in [0.29, 0.717) is 18.4 Å². The molecule has 0 radical (unpaired) electrons. The fourth-order valence-corrected chi connectivity index (χ4v) is 6.48. The number of hydrogen-bond donors (Lipinski definition) is 1. The topological polar surface area (TPSA) is 46.3 Å². The Morgan fingerprint density at radius 1 is 1.16 bits per heavy atom. The van der Waals surface area contributed by atoms with Gasteiger partial charge < -0.3 is 10.6 Å². The van der Waals surface area contributed by atoms with Crippen molar-refractivity contribution in [1.82, 2.24) is 4.90 Å². The van der Waals surface area contributed by atoms with E-state index in [4.69, 9.17) is 5.73 Å². The fraction of sp³-hybridized carbons (Fsp3) is 0.938. The second-order valence-corrected chi connectivity index (χ2v) is 7.72. The Hall–Kier alpha value is -0.570. The van der Waals surface area contributed by atoms with E-state index in [1.165, 1.54) is 32.1 Å². The maximum absolute atomic E-state index is 12.1. The van der Waals surface area contributed by atoms with E-state index < -0.39 is 0 Å². The van der Waals surface area contributed by atoms with Gasteiger partial charge in [0.1, 0.15) is 0 Å². The van der Waals surface area contributed by atoms with E-state index in [1.54, 1.807) is 0 Å². The lowest BCUT2D eigenvalue weighted by Crippen LogP contribution is -2.62. The molecule has 5 fully saturated rings. The van der Waals surface area contributed by atoms with E-state index in [-0.39, 0.29) is 5.54 Å². The third-order valence-corrected chi connectivity index (χ3v) is 7.01.